The van der Waals surface area contributed by atoms with Gasteiger partial charge in [-0.1, -0.05) is 6.07 Å². The van der Waals surface area contributed by atoms with Gasteiger partial charge in [0.15, 0.2) is 0 Å². The molecular weight excluding hydrogens is 278 g/mol. The van der Waals surface area contributed by atoms with Gasteiger partial charge in [0.1, 0.15) is 5.82 Å². The van der Waals surface area contributed by atoms with Crippen molar-refractivity contribution in [1.82, 2.24) is 15.0 Å². The van der Waals surface area contributed by atoms with Crippen molar-refractivity contribution in [3.63, 3.8) is 0 Å². The summed E-state index contributed by atoms with van der Waals surface area (Å²) in [4.78, 5) is 12.0. The molecule has 3 nitrogen and oxygen atoms in total. The van der Waals surface area contributed by atoms with Crippen LogP contribution < -0.4 is 0 Å². The second kappa shape index (κ2) is 3.96. The Kier molecular flexibility index (Phi) is 2.44. The van der Waals surface area contributed by atoms with E-state index in [0.29, 0.717) is 0 Å². The van der Waals surface area contributed by atoms with Gasteiger partial charge in [0.05, 0.1) is 11.0 Å². The van der Waals surface area contributed by atoms with Crippen molar-refractivity contribution in [2.75, 3.05) is 0 Å². The molecule has 0 radical (unpaired) electrons. The van der Waals surface area contributed by atoms with Gasteiger partial charge >= 0.3 is 0 Å². The van der Waals surface area contributed by atoms with E-state index < -0.39 is 0 Å². The number of rotatable bonds is 1. The highest BCUT2D eigenvalue weighted by atomic mass is 79.9. The molecule has 1 N–H and O–H groups in total. The van der Waals surface area contributed by atoms with E-state index in [-0.39, 0.29) is 0 Å². The smallest absolute Gasteiger partial charge is 0.140 e. The van der Waals surface area contributed by atoms with Crippen molar-refractivity contribution < 1.29 is 0 Å². The average molecular weight is 288 g/mol. The number of benzene rings is 1. The lowest BCUT2D eigenvalue weighted by Gasteiger charge is -1.95. The first-order chi connectivity index (χ1) is 8.22. The Hall–Kier alpha value is -1.68. The highest BCUT2D eigenvalue weighted by molar-refractivity contribution is 9.10. The van der Waals surface area contributed by atoms with Gasteiger partial charge in [-0.15, -0.1) is 0 Å². The molecule has 0 aliphatic rings. The van der Waals surface area contributed by atoms with Gasteiger partial charge in [0.2, 0.25) is 0 Å². The summed E-state index contributed by atoms with van der Waals surface area (Å²) < 4.78 is 0.951. The van der Waals surface area contributed by atoms with Crippen molar-refractivity contribution in [2.45, 2.75) is 6.92 Å². The molecule has 0 saturated heterocycles. The van der Waals surface area contributed by atoms with E-state index >= 15 is 0 Å². The van der Waals surface area contributed by atoms with Crippen LogP contribution in [0.15, 0.2) is 41.1 Å². The molecule has 4 heteroatoms. The zero-order valence-electron chi connectivity index (χ0n) is 9.24. The average Bonchev–Trinajstić information content (AvgIpc) is 2.72. The number of aromatic amines is 1. The van der Waals surface area contributed by atoms with E-state index in [1.54, 1.807) is 12.4 Å². The third-order valence-electron chi connectivity index (χ3n) is 2.62. The summed E-state index contributed by atoms with van der Waals surface area (Å²) in [7, 11) is 0. The molecule has 0 aliphatic carbocycles. The Morgan fingerprint density at radius 2 is 2.06 bits per heavy atom. The summed E-state index contributed by atoms with van der Waals surface area (Å²) >= 11 is 3.41. The van der Waals surface area contributed by atoms with E-state index in [4.69, 9.17) is 0 Å². The monoisotopic (exact) mass is 287 g/mol. The van der Waals surface area contributed by atoms with Crippen LogP contribution in [0.25, 0.3) is 22.4 Å². The third kappa shape index (κ3) is 1.96. The lowest BCUT2D eigenvalue weighted by molar-refractivity contribution is 1.26. The van der Waals surface area contributed by atoms with Crippen molar-refractivity contribution >= 4 is 27.0 Å². The van der Waals surface area contributed by atoms with E-state index in [2.05, 4.69) is 49.9 Å². The quantitative estimate of drug-likeness (QED) is 0.742. The fraction of sp³-hybridized carbons (Fsp3) is 0.0769. The lowest BCUT2D eigenvalue weighted by atomic mass is 10.2. The van der Waals surface area contributed by atoms with Crippen molar-refractivity contribution in [2.24, 2.45) is 0 Å². The maximum Gasteiger partial charge on any atom is 0.140 e. The van der Waals surface area contributed by atoms with Gasteiger partial charge in [-0.2, -0.15) is 0 Å². The molecule has 0 unspecified atom stereocenters. The Morgan fingerprint density at radius 3 is 2.88 bits per heavy atom. The molecular formula is C13H10BrN3. The number of fused-ring (bicyclic) bond motifs is 1. The zero-order chi connectivity index (χ0) is 11.8. The van der Waals surface area contributed by atoms with Crippen LogP contribution in [-0.4, -0.2) is 15.0 Å². The molecule has 3 rings (SSSR count). The minimum Gasteiger partial charge on any atom is -0.338 e. The number of H-pyrrole nitrogens is 1. The van der Waals surface area contributed by atoms with Crippen LogP contribution in [0.5, 0.6) is 0 Å². The number of aryl methyl sites for hydroxylation is 1. The molecule has 0 amide bonds. The lowest BCUT2D eigenvalue weighted by Crippen LogP contribution is -1.82. The van der Waals surface area contributed by atoms with Crippen molar-refractivity contribution in [3.8, 4) is 11.4 Å². The minimum absolute atomic E-state index is 0.847. The number of pyridine rings is 1. The zero-order valence-corrected chi connectivity index (χ0v) is 10.8. The minimum atomic E-state index is 0.847. The Labute approximate surface area is 107 Å². The Balaban J connectivity index is 2.18. The fourth-order valence-corrected chi connectivity index (χ4v) is 2.17. The summed E-state index contributed by atoms with van der Waals surface area (Å²) in [5.41, 5.74) is 4.24. The van der Waals surface area contributed by atoms with Gasteiger partial charge in [0, 0.05) is 22.4 Å². The summed E-state index contributed by atoms with van der Waals surface area (Å²) in [6, 6.07) is 8.18. The van der Waals surface area contributed by atoms with Gasteiger partial charge in [-0.25, -0.2) is 4.98 Å². The normalized spacial score (nSPS) is 10.9. The number of aromatic nitrogens is 3. The molecule has 0 atom stereocenters. The van der Waals surface area contributed by atoms with E-state index in [1.807, 2.05) is 12.1 Å². The van der Waals surface area contributed by atoms with Crippen LogP contribution in [0.1, 0.15) is 5.56 Å². The van der Waals surface area contributed by atoms with Crippen LogP contribution in [0.4, 0.5) is 0 Å². The highest BCUT2D eigenvalue weighted by Gasteiger charge is 2.05. The Morgan fingerprint density at radius 1 is 1.18 bits per heavy atom. The number of nitrogens with zero attached hydrogens (tertiary/aromatic N) is 2. The SMILES string of the molecule is Cc1ccc2nc(-c3cncc(Br)c3)[nH]c2c1. The van der Waals surface area contributed by atoms with Gasteiger partial charge in [0.25, 0.3) is 0 Å². The molecule has 0 fully saturated rings. The first-order valence-corrected chi connectivity index (χ1v) is 6.09. The number of hydrogen-bond donors (Lipinski definition) is 1. The van der Waals surface area contributed by atoms with Gasteiger partial charge in [-0.05, 0) is 46.6 Å². The molecule has 0 spiro atoms. The number of nitrogens with one attached hydrogen (secondary N) is 1. The largest absolute Gasteiger partial charge is 0.338 e. The van der Waals surface area contributed by atoms with Crippen LogP contribution in [0.3, 0.4) is 0 Å². The maximum absolute atomic E-state index is 4.55. The topological polar surface area (TPSA) is 41.6 Å². The van der Waals surface area contributed by atoms with Crippen LogP contribution in [0, 0.1) is 6.92 Å². The number of imidazole rings is 1. The van der Waals surface area contributed by atoms with E-state index in [9.17, 15) is 0 Å². The molecule has 2 heterocycles. The number of hydrogen-bond acceptors (Lipinski definition) is 2. The summed E-state index contributed by atoms with van der Waals surface area (Å²) in [5.74, 6) is 0.847. The Bertz CT molecular complexity index is 688. The second-order valence-electron chi connectivity index (χ2n) is 4.00. The van der Waals surface area contributed by atoms with Crippen LogP contribution >= 0.6 is 15.9 Å². The molecule has 1 aromatic carbocycles. The predicted octanol–water partition coefficient (Wildman–Crippen LogP) is 3.70. The molecule has 2 aromatic heterocycles. The maximum atomic E-state index is 4.55. The first kappa shape index (κ1) is 10.5. The summed E-state index contributed by atoms with van der Waals surface area (Å²) in [6.45, 7) is 2.07. The summed E-state index contributed by atoms with van der Waals surface area (Å²) in [6.07, 6.45) is 3.56. The van der Waals surface area contributed by atoms with Crippen LogP contribution in [0.2, 0.25) is 0 Å². The summed E-state index contributed by atoms with van der Waals surface area (Å²) in [5, 5.41) is 0. The molecule has 0 bridgehead atoms. The van der Waals surface area contributed by atoms with Gasteiger partial charge < -0.3 is 4.98 Å². The van der Waals surface area contributed by atoms with Crippen molar-refractivity contribution in [1.29, 1.82) is 0 Å². The molecule has 0 saturated carbocycles. The van der Waals surface area contributed by atoms with Crippen molar-refractivity contribution in [3.05, 3.63) is 46.7 Å². The molecule has 17 heavy (non-hydrogen) atoms. The molecule has 84 valence electrons. The molecule has 3 aromatic rings. The predicted molar refractivity (Wildman–Crippen MR) is 71.8 cm³/mol. The van der Waals surface area contributed by atoms with E-state index in [1.165, 1.54) is 5.56 Å². The molecule has 0 aliphatic heterocycles. The second-order valence-corrected chi connectivity index (χ2v) is 4.91. The third-order valence-corrected chi connectivity index (χ3v) is 3.05. The number of halogens is 1. The van der Waals surface area contributed by atoms with Crippen LogP contribution in [-0.2, 0) is 0 Å². The standard InChI is InChI=1S/C13H10BrN3/c1-8-2-3-11-12(4-8)17-13(16-11)9-5-10(14)7-15-6-9/h2-7H,1H3,(H,16,17). The highest BCUT2D eigenvalue weighted by Crippen LogP contribution is 2.22. The fourth-order valence-electron chi connectivity index (χ4n) is 1.80. The van der Waals surface area contributed by atoms with Gasteiger partial charge in [-0.3, -0.25) is 4.98 Å². The first-order valence-electron chi connectivity index (χ1n) is 5.30. The van der Waals surface area contributed by atoms with E-state index in [0.717, 1.165) is 26.9 Å².